The maximum atomic E-state index is 13.6. The number of amides is 2. The largest absolute Gasteiger partial charge is 0.495 e. The molecular formula is C42H48N4O14S4. The number of carbonyl (C=O) groups is 2. The van der Waals surface area contributed by atoms with E-state index in [0.717, 1.165) is 62.1 Å². The van der Waals surface area contributed by atoms with Crippen LogP contribution in [0, 0.1) is 0 Å². The second kappa shape index (κ2) is 19.9. The third-order valence-corrected chi connectivity index (χ3v) is 16.4. The van der Waals surface area contributed by atoms with Crippen molar-refractivity contribution in [3.8, 4) is 11.5 Å². The number of ether oxygens (including phenoxy) is 2. The van der Waals surface area contributed by atoms with E-state index in [1.807, 2.05) is 0 Å². The van der Waals surface area contributed by atoms with E-state index in [4.69, 9.17) is 9.47 Å². The predicted octanol–water partition coefficient (Wildman–Crippen LogP) is 6.00. The Morgan fingerprint density at radius 1 is 0.500 bits per heavy atom. The topological polar surface area (TPSA) is 260 Å². The quantitative estimate of drug-likeness (QED) is 0.0835. The van der Waals surface area contributed by atoms with Crippen molar-refractivity contribution in [3.05, 3.63) is 95.1 Å². The van der Waals surface area contributed by atoms with Crippen LogP contribution in [0.3, 0.4) is 0 Å². The van der Waals surface area contributed by atoms with Crippen LogP contribution in [0.15, 0.2) is 92.4 Å². The van der Waals surface area contributed by atoms with Crippen LogP contribution in [0.1, 0.15) is 83.2 Å². The highest BCUT2D eigenvalue weighted by molar-refractivity contribution is 7.89. The van der Waals surface area contributed by atoms with Gasteiger partial charge in [0.2, 0.25) is 20.0 Å². The van der Waals surface area contributed by atoms with E-state index in [1.165, 1.54) is 71.4 Å². The molecule has 344 valence electrons. The maximum Gasteiger partial charge on any atom is 0.295 e. The summed E-state index contributed by atoms with van der Waals surface area (Å²) in [4.78, 5) is 25.0. The first-order valence-corrected chi connectivity index (χ1v) is 25.9. The third-order valence-electron chi connectivity index (χ3n) is 10.8. The van der Waals surface area contributed by atoms with Crippen LogP contribution in [-0.4, -0.2) is 104 Å². The summed E-state index contributed by atoms with van der Waals surface area (Å²) in [5.74, 6) is -1.56. The minimum absolute atomic E-state index is 0.0301. The van der Waals surface area contributed by atoms with Crippen molar-refractivity contribution in [1.82, 2.24) is 8.61 Å². The van der Waals surface area contributed by atoms with Gasteiger partial charge in [-0.05, 0) is 97.5 Å². The summed E-state index contributed by atoms with van der Waals surface area (Å²) in [6, 6.07) is 14.5. The van der Waals surface area contributed by atoms with Crippen molar-refractivity contribution in [1.29, 1.82) is 0 Å². The zero-order valence-corrected chi connectivity index (χ0v) is 38.2. The van der Waals surface area contributed by atoms with Crippen molar-refractivity contribution < 1.29 is 61.8 Å². The van der Waals surface area contributed by atoms with Crippen LogP contribution >= 0.6 is 0 Å². The average molecular weight is 961 g/mol. The van der Waals surface area contributed by atoms with E-state index >= 15 is 0 Å². The van der Waals surface area contributed by atoms with E-state index in [2.05, 4.69) is 10.6 Å². The van der Waals surface area contributed by atoms with Gasteiger partial charge in [-0.25, -0.2) is 16.8 Å². The fourth-order valence-electron chi connectivity index (χ4n) is 7.41. The monoisotopic (exact) mass is 960 g/mol. The summed E-state index contributed by atoms with van der Waals surface area (Å²) in [6.07, 6.45) is 8.53. The molecule has 0 saturated carbocycles. The Morgan fingerprint density at radius 2 is 0.844 bits per heavy atom. The van der Waals surface area contributed by atoms with E-state index in [9.17, 15) is 52.4 Å². The van der Waals surface area contributed by atoms with Gasteiger partial charge in [-0.2, -0.15) is 25.4 Å². The van der Waals surface area contributed by atoms with Crippen LogP contribution in [-0.2, 0) is 40.3 Å². The first-order chi connectivity index (χ1) is 30.2. The highest BCUT2D eigenvalue weighted by Gasteiger charge is 2.31. The number of nitrogens with one attached hydrogen (secondary N) is 2. The molecule has 0 spiro atoms. The molecule has 0 radical (unpaired) electrons. The van der Waals surface area contributed by atoms with Crippen molar-refractivity contribution in [3.63, 3.8) is 0 Å². The molecule has 0 aliphatic carbocycles. The molecule has 2 saturated heterocycles. The molecule has 4 aromatic carbocycles. The van der Waals surface area contributed by atoms with Gasteiger partial charge in [0.25, 0.3) is 32.1 Å². The summed E-state index contributed by atoms with van der Waals surface area (Å²) in [7, 11) is -15.5. The minimum atomic E-state index is -4.99. The highest BCUT2D eigenvalue weighted by atomic mass is 32.2. The fourth-order valence-corrected chi connectivity index (χ4v) is 12.2. The second-order valence-electron chi connectivity index (χ2n) is 15.1. The number of anilines is 2. The van der Waals surface area contributed by atoms with Crippen LogP contribution in [0.2, 0.25) is 0 Å². The van der Waals surface area contributed by atoms with Crippen LogP contribution < -0.4 is 20.1 Å². The summed E-state index contributed by atoms with van der Waals surface area (Å²) in [6.45, 7) is 1.24. The molecule has 0 bridgehead atoms. The molecule has 6 rings (SSSR count). The van der Waals surface area contributed by atoms with Gasteiger partial charge in [-0.1, -0.05) is 50.0 Å². The van der Waals surface area contributed by atoms with Gasteiger partial charge in [-0.15, -0.1) is 0 Å². The van der Waals surface area contributed by atoms with Gasteiger partial charge in [0.05, 0.1) is 14.2 Å². The SMILES string of the molecule is COc1ccc(C(=O)Nc2ccc(C=Cc3ccc(NC(=O)c4ccc(OC)c(S(=O)(=O)N5CCCCCC5)c4)cc3S(=O)(=O)O)c(S(=O)(=O)O)c2)cc1S(=O)(=O)N1CCCCCC1. The maximum absolute atomic E-state index is 13.6. The van der Waals surface area contributed by atoms with Gasteiger partial charge in [-0.3, -0.25) is 18.7 Å². The number of sulfonamides is 2. The molecule has 2 aliphatic rings. The lowest BCUT2D eigenvalue weighted by Crippen LogP contribution is -2.32. The lowest BCUT2D eigenvalue weighted by molar-refractivity contribution is 0.101. The van der Waals surface area contributed by atoms with Crippen molar-refractivity contribution in [2.24, 2.45) is 0 Å². The molecule has 18 nitrogen and oxygen atoms in total. The number of nitrogens with zero attached hydrogens (tertiary/aromatic N) is 2. The van der Waals surface area contributed by atoms with Gasteiger partial charge in [0.1, 0.15) is 31.1 Å². The molecule has 0 atom stereocenters. The summed E-state index contributed by atoms with van der Waals surface area (Å²) >= 11 is 0. The zero-order chi connectivity index (χ0) is 46.5. The van der Waals surface area contributed by atoms with Crippen molar-refractivity contribution in [2.75, 3.05) is 51.0 Å². The molecular weight excluding hydrogens is 913 g/mol. The van der Waals surface area contributed by atoms with Crippen LogP contribution in [0.4, 0.5) is 11.4 Å². The molecule has 2 amide bonds. The van der Waals surface area contributed by atoms with E-state index in [-0.39, 0.29) is 54.9 Å². The van der Waals surface area contributed by atoms with Crippen molar-refractivity contribution >= 4 is 75.6 Å². The van der Waals surface area contributed by atoms with Gasteiger partial charge in [0.15, 0.2) is 0 Å². The molecule has 4 N–H and O–H groups in total. The average Bonchev–Trinajstić information content (AvgIpc) is 3.73. The molecule has 0 unspecified atom stereocenters. The predicted molar refractivity (Wildman–Crippen MR) is 238 cm³/mol. The van der Waals surface area contributed by atoms with Gasteiger partial charge >= 0.3 is 0 Å². The van der Waals surface area contributed by atoms with Gasteiger partial charge in [0, 0.05) is 48.7 Å². The fraction of sp³-hybridized carbons (Fsp3) is 0.333. The number of hydrogen-bond acceptors (Lipinski definition) is 12. The summed E-state index contributed by atoms with van der Waals surface area (Å²) in [5, 5.41) is 5.00. The Kier molecular flexibility index (Phi) is 15.0. The molecule has 2 fully saturated rings. The lowest BCUT2D eigenvalue weighted by Gasteiger charge is -2.21. The first-order valence-electron chi connectivity index (χ1n) is 20.1. The Bertz CT molecular complexity index is 2710. The number of carbonyl (C=O) groups excluding carboxylic acids is 2. The first kappa shape index (κ1) is 48.3. The molecule has 0 aromatic heterocycles. The normalized spacial score (nSPS) is 16.1. The number of rotatable bonds is 14. The van der Waals surface area contributed by atoms with E-state index in [0.29, 0.717) is 51.9 Å². The second-order valence-corrected chi connectivity index (χ2v) is 21.7. The minimum Gasteiger partial charge on any atom is -0.495 e. The smallest absolute Gasteiger partial charge is 0.295 e. The Hall–Kier alpha value is -5.20. The van der Waals surface area contributed by atoms with E-state index < -0.39 is 61.9 Å². The highest BCUT2D eigenvalue weighted by Crippen LogP contribution is 2.33. The van der Waals surface area contributed by atoms with Gasteiger partial charge < -0.3 is 20.1 Å². The summed E-state index contributed by atoms with van der Waals surface area (Å²) in [5.41, 5.74) is -0.725. The number of methoxy groups -OCH3 is 2. The van der Waals surface area contributed by atoms with Crippen LogP contribution in [0.5, 0.6) is 11.5 Å². The number of hydrogen-bond donors (Lipinski definition) is 4. The molecule has 22 heteroatoms. The van der Waals surface area contributed by atoms with E-state index in [1.54, 1.807) is 0 Å². The third kappa shape index (κ3) is 11.2. The molecule has 2 aliphatic heterocycles. The standard InChI is InChI=1S/C42H48N4O14S4/c1-59-35-19-15-31(25-39(35)61(49,50)45-21-7-3-4-8-22-45)41(47)43-33-17-13-29(37(27-33)63(53,54)55)11-12-30-14-18-34(28-38(30)64(56,57)58)44-42(48)32-16-20-36(60-2)40(26-32)62(51,52)46-23-9-5-6-10-24-46/h11-20,25-28H,3-10,21-24H2,1-2H3,(H,43,47)(H,44,48)(H,53,54,55)(H,56,57,58). The lowest BCUT2D eigenvalue weighted by atomic mass is 10.1. The number of benzene rings is 4. The Labute approximate surface area is 372 Å². The zero-order valence-electron chi connectivity index (χ0n) is 34.9. The Balaban J connectivity index is 1.24. The molecule has 4 aromatic rings. The summed E-state index contributed by atoms with van der Waals surface area (Å²) < 4.78 is 138. The van der Waals surface area contributed by atoms with Crippen molar-refractivity contribution in [2.45, 2.75) is 70.9 Å². The Morgan fingerprint density at radius 3 is 1.16 bits per heavy atom. The molecule has 64 heavy (non-hydrogen) atoms. The van der Waals surface area contributed by atoms with Crippen LogP contribution in [0.25, 0.3) is 12.2 Å². The molecule has 2 heterocycles.